The van der Waals surface area contributed by atoms with Crippen molar-refractivity contribution in [1.29, 1.82) is 0 Å². The number of benzene rings is 1. The van der Waals surface area contributed by atoms with Crippen LogP contribution in [0.1, 0.15) is 50.2 Å². The summed E-state index contributed by atoms with van der Waals surface area (Å²) in [7, 11) is 0. The second kappa shape index (κ2) is 7.04. The lowest BCUT2D eigenvalue weighted by Gasteiger charge is -2.11. The second-order valence-electron chi connectivity index (χ2n) is 4.93. The van der Waals surface area contributed by atoms with Crippen LogP contribution in [0.2, 0.25) is 0 Å². The number of rotatable bonds is 7. The molecule has 3 nitrogen and oxygen atoms in total. The third-order valence-electron chi connectivity index (χ3n) is 2.79. The molecule has 0 bridgehead atoms. The van der Waals surface area contributed by atoms with Crippen molar-refractivity contribution in [3.8, 4) is 5.75 Å². The summed E-state index contributed by atoms with van der Waals surface area (Å²) in [6.07, 6.45) is 1.66. The number of carboxylic acid groups (broad SMARTS) is 1. The molecule has 1 N–H and O–H groups in total. The highest BCUT2D eigenvalue weighted by Gasteiger charge is 2.03. The topological polar surface area (TPSA) is 46.5 Å². The lowest BCUT2D eigenvalue weighted by atomic mass is 10.0. The van der Waals surface area contributed by atoms with Crippen LogP contribution >= 0.6 is 0 Å². The van der Waals surface area contributed by atoms with Crippen molar-refractivity contribution in [2.45, 2.75) is 46.0 Å². The number of hydrogen-bond donors (Lipinski definition) is 1. The molecule has 0 fully saturated rings. The molecule has 0 radical (unpaired) electrons. The summed E-state index contributed by atoms with van der Waals surface area (Å²) in [6.45, 7) is 6.95. The van der Waals surface area contributed by atoms with Crippen molar-refractivity contribution in [2.75, 3.05) is 6.61 Å². The highest BCUT2D eigenvalue weighted by molar-refractivity contribution is 5.66. The van der Waals surface area contributed by atoms with Gasteiger partial charge in [0, 0.05) is 6.42 Å². The summed E-state index contributed by atoms with van der Waals surface area (Å²) in [4.78, 5) is 10.4. The Kier molecular flexibility index (Phi) is 5.69. The van der Waals surface area contributed by atoms with Gasteiger partial charge in [-0.25, -0.2) is 0 Å². The zero-order chi connectivity index (χ0) is 13.5. The SMILES string of the molecule is Cc1cc(OCCCCC(=O)O)cc(C(C)C)c1. The van der Waals surface area contributed by atoms with E-state index in [1.165, 1.54) is 11.1 Å². The second-order valence-corrected chi connectivity index (χ2v) is 4.93. The number of hydrogen-bond acceptors (Lipinski definition) is 2. The Morgan fingerprint density at radius 2 is 2.00 bits per heavy atom. The number of unbranched alkanes of at least 4 members (excludes halogenated alkanes) is 1. The molecule has 0 aliphatic rings. The average molecular weight is 250 g/mol. The first-order chi connectivity index (χ1) is 8.49. The molecule has 1 rings (SSSR count). The Morgan fingerprint density at radius 1 is 1.28 bits per heavy atom. The largest absolute Gasteiger partial charge is 0.494 e. The zero-order valence-corrected chi connectivity index (χ0v) is 11.4. The van der Waals surface area contributed by atoms with Gasteiger partial charge >= 0.3 is 5.97 Å². The maximum atomic E-state index is 10.4. The van der Waals surface area contributed by atoms with Crippen molar-refractivity contribution < 1.29 is 14.6 Å². The minimum atomic E-state index is -0.743. The molecule has 0 unspecified atom stereocenters. The van der Waals surface area contributed by atoms with Crippen LogP contribution in [0.5, 0.6) is 5.75 Å². The molecule has 0 amide bonds. The van der Waals surface area contributed by atoms with E-state index in [0.717, 1.165) is 12.2 Å². The molecule has 0 heterocycles. The van der Waals surface area contributed by atoms with Crippen LogP contribution in [0.25, 0.3) is 0 Å². The maximum Gasteiger partial charge on any atom is 0.303 e. The van der Waals surface area contributed by atoms with Gasteiger partial charge in [0.2, 0.25) is 0 Å². The zero-order valence-electron chi connectivity index (χ0n) is 11.4. The van der Waals surface area contributed by atoms with Gasteiger partial charge in [0.05, 0.1) is 6.61 Å². The predicted molar refractivity (Wildman–Crippen MR) is 72.2 cm³/mol. The van der Waals surface area contributed by atoms with E-state index in [4.69, 9.17) is 9.84 Å². The Morgan fingerprint density at radius 3 is 2.61 bits per heavy atom. The first kappa shape index (κ1) is 14.6. The highest BCUT2D eigenvalue weighted by Crippen LogP contribution is 2.22. The Hall–Kier alpha value is -1.51. The summed E-state index contributed by atoms with van der Waals surface area (Å²) in [6, 6.07) is 6.25. The number of carboxylic acids is 1. The molecular formula is C15H22O3. The van der Waals surface area contributed by atoms with E-state index in [2.05, 4.69) is 32.9 Å². The third kappa shape index (κ3) is 5.21. The van der Waals surface area contributed by atoms with Crippen LogP contribution in [-0.4, -0.2) is 17.7 Å². The van der Waals surface area contributed by atoms with E-state index < -0.39 is 5.97 Å². The fourth-order valence-corrected chi connectivity index (χ4v) is 1.76. The fourth-order valence-electron chi connectivity index (χ4n) is 1.76. The lowest BCUT2D eigenvalue weighted by Crippen LogP contribution is -2.01. The molecule has 0 atom stereocenters. The lowest BCUT2D eigenvalue weighted by molar-refractivity contribution is -0.137. The van der Waals surface area contributed by atoms with E-state index in [0.29, 0.717) is 18.9 Å². The quantitative estimate of drug-likeness (QED) is 0.750. The van der Waals surface area contributed by atoms with Crippen LogP contribution in [0.3, 0.4) is 0 Å². The number of carbonyl (C=O) groups is 1. The van der Waals surface area contributed by atoms with Gasteiger partial charge in [0.25, 0.3) is 0 Å². The number of aryl methyl sites for hydroxylation is 1. The summed E-state index contributed by atoms with van der Waals surface area (Å²) >= 11 is 0. The van der Waals surface area contributed by atoms with Gasteiger partial charge in [-0.1, -0.05) is 19.9 Å². The van der Waals surface area contributed by atoms with Crippen molar-refractivity contribution in [1.82, 2.24) is 0 Å². The predicted octanol–water partition coefficient (Wildman–Crippen LogP) is 3.75. The van der Waals surface area contributed by atoms with Gasteiger partial charge in [0.15, 0.2) is 0 Å². The van der Waals surface area contributed by atoms with Crippen LogP contribution < -0.4 is 4.74 Å². The molecule has 0 saturated heterocycles. The standard InChI is InChI=1S/C15H22O3/c1-11(2)13-8-12(3)9-14(10-13)18-7-5-4-6-15(16)17/h8-11H,4-7H2,1-3H3,(H,16,17). The summed E-state index contributed by atoms with van der Waals surface area (Å²) in [5, 5.41) is 8.52. The summed E-state index contributed by atoms with van der Waals surface area (Å²) in [5.74, 6) is 0.626. The maximum absolute atomic E-state index is 10.4. The Labute approximate surface area is 109 Å². The minimum Gasteiger partial charge on any atom is -0.494 e. The first-order valence-electron chi connectivity index (χ1n) is 6.45. The van der Waals surface area contributed by atoms with Crippen molar-refractivity contribution in [3.05, 3.63) is 29.3 Å². The smallest absolute Gasteiger partial charge is 0.303 e. The van der Waals surface area contributed by atoms with Crippen LogP contribution in [-0.2, 0) is 4.79 Å². The molecule has 0 aliphatic carbocycles. The molecular weight excluding hydrogens is 228 g/mol. The number of ether oxygens (including phenoxy) is 1. The van der Waals surface area contributed by atoms with Crippen molar-refractivity contribution >= 4 is 5.97 Å². The van der Waals surface area contributed by atoms with Gasteiger partial charge in [0.1, 0.15) is 5.75 Å². The van der Waals surface area contributed by atoms with Gasteiger partial charge in [-0.2, -0.15) is 0 Å². The van der Waals surface area contributed by atoms with Crippen LogP contribution in [0.4, 0.5) is 0 Å². The van der Waals surface area contributed by atoms with Crippen LogP contribution in [0, 0.1) is 6.92 Å². The molecule has 1 aromatic rings. The molecule has 0 saturated carbocycles. The Balaban J connectivity index is 2.44. The monoisotopic (exact) mass is 250 g/mol. The average Bonchev–Trinajstić information content (AvgIpc) is 2.27. The third-order valence-corrected chi connectivity index (χ3v) is 2.79. The fraction of sp³-hybridized carbons (Fsp3) is 0.533. The number of aliphatic carboxylic acids is 1. The Bertz CT molecular complexity index is 397. The minimum absolute atomic E-state index is 0.217. The molecule has 0 spiro atoms. The van der Waals surface area contributed by atoms with Crippen LogP contribution in [0.15, 0.2) is 18.2 Å². The summed E-state index contributed by atoms with van der Waals surface area (Å²) in [5.41, 5.74) is 2.47. The molecule has 1 aromatic carbocycles. The normalized spacial score (nSPS) is 10.7. The van der Waals surface area contributed by atoms with Crippen molar-refractivity contribution in [2.24, 2.45) is 0 Å². The molecule has 100 valence electrons. The van der Waals surface area contributed by atoms with Gasteiger partial charge in [-0.3, -0.25) is 4.79 Å². The van der Waals surface area contributed by atoms with E-state index in [-0.39, 0.29) is 6.42 Å². The van der Waals surface area contributed by atoms with E-state index >= 15 is 0 Å². The molecule has 3 heteroatoms. The van der Waals surface area contributed by atoms with Gasteiger partial charge < -0.3 is 9.84 Å². The molecule has 0 aromatic heterocycles. The van der Waals surface area contributed by atoms with E-state index in [1.54, 1.807) is 0 Å². The molecule has 0 aliphatic heterocycles. The summed E-state index contributed by atoms with van der Waals surface area (Å²) < 4.78 is 5.67. The van der Waals surface area contributed by atoms with Gasteiger partial charge in [-0.15, -0.1) is 0 Å². The highest BCUT2D eigenvalue weighted by atomic mass is 16.5. The van der Waals surface area contributed by atoms with Crippen molar-refractivity contribution in [3.63, 3.8) is 0 Å². The van der Waals surface area contributed by atoms with E-state index in [9.17, 15) is 4.79 Å². The first-order valence-corrected chi connectivity index (χ1v) is 6.45. The van der Waals surface area contributed by atoms with E-state index in [1.807, 2.05) is 6.07 Å². The molecule has 18 heavy (non-hydrogen) atoms. The van der Waals surface area contributed by atoms with Gasteiger partial charge in [-0.05, 0) is 48.9 Å².